The first-order chi connectivity index (χ1) is 11.3. The molecule has 0 aliphatic heterocycles. The molecule has 0 unspecified atom stereocenters. The molecule has 0 bridgehead atoms. The van der Waals surface area contributed by atoms with Crippen LogP contribution in [0.2, 0.25) is 0 Å². The number of aromatic nitrogens is 4. The molecule has 3 aromatic rings. The lowest BCUT2D eigenvalue weighted by molar-refractivity contribution is 0.102. The zero-order valence-corrected chi connectivity index (χ0v) is 14.2. The van der Waals surface area contributed by atoms with Crippen LogP contribution in [0.4, 0.5) is 5.13 Å². The molecule has 1 aromatic carbocycles. The van der Waals surface area contributed by atoms with Gasteiger partial charge in [0, 0.05) is 11.1 Å². The zero-order valence-electron chi connectivity index (χ0n) is 11.7. The molecule has 0 fully saturated rings. The number of rotatable bonds is 6. The van der Waals surface area contributed by atoms with Gasteiger partial charge in [-0.1, -0.05) is 70.1 Å². The summed E-state index contributed by atoms with van der Waals surface area (Å²) >= 11 is 4.03. The standard InChI is InChI=1S/C14H11N5OS3/c20-12(11-9-22-19-16-11)15-13-17-18-14(23-13)21-8-4-7-10-5-2-1-3-6-10/h1-7,9H,8H2,(H,15,17,20)/b7-4+. The summed E-state index contributed by atoms with van der Waals surface area (Å²) in [6, 6.07) is 10.1. The fraction of sp³-hybridized carbons (Fsp3) is 0.0714. The minimum atomic E-state index is -0.324. The Balaban J connectivity index is 1.49. The normalized spacial score (nSPS) is 11.0. The van der Waals surface area contributed by atoms with Gasteiger partial charge >= 0.3 is 0 Å². The van der Waals surface area contributed by atoms with Crippen LogP contribution in [-0.2, 0) is 0 Å². The highest BCUT2D eigenvalue weighted by Crippen LogP contribution is 2.25. The third-order valence-corrected chi connectivity index (χ3v) is 5.06. The van der Waals surface area contributed by atoms with E-state index in [1.165, 1.54) is 11.3 Å². The van der Waals surface area contributed by atoms with Crippen molar-refractivity contribution in [3.63, 3.8) is 0 Å². The quantitative estimate of drug-likeness (QED) is 0.535. The van der Waals surface area contributed by atoms with Gasteiger partial charge in [-0.3, -0.25) is 10.1 Å². The maximum absolute atomic E-state index is 11.8. The summed E-state index contributed by atoms with van der Waals surface area (Å²) in [4.78, 5) is 11.8. The van der Waals surface area contributed by atoms with Crippen LogP contribution in [0.25, 0.3) is 6.08 Å². The van der Waals surface area contributed by atoms with E-state index in [4.69, 9.17) is 0 Å². The minimum Gasteiger partial charge on any atom is -0.295 e. The van der Waals surface area contributed by atoms with Crippen molar-refractivity contribution < 1.29 is 4.79 Å². The van der Waals surface area contributed by atoms with Crippen LogP contribution < -0.4 is 5.32 Å². The molecular formula is C14H11N5OS3. The number of nitrogens with zero attached hydrogens (tertiary/aromatic N) is 4. The van der Waals surface area contributed by atoms with Crippen molar-refractivity contribution >= 4 is 51.7 Å². The summed E-state index contributed by atoms with van der Waals surface area (Å²) in [6.07, 6.45) is 4.13. The number of carbonyl (C=O) groups excluding carboxylic acids is 1. The molecule has 1 N–H and O–H groups in total. The lowest BCUT2D eigenvalue weighted by Gasteiger charge is -1.94. The smallest absolute Gasteiger partial charge is 0.278 e. The minimum absolute atomic E-state index is 0.283. The number of thioether (sulfide) groups is 1. The molecule has 0 saturated carbocycles. The Morgan fingerprint density at radius 3 is 2.87 bits per heavy atom. The van der Waals surface area contributed by atoms with E-state index >= 15 is 0 Å². The molecule has 116 valence electrons. The Kier molecular flexibility index (Phi) is 5.46. The monoisotopic (exact) mass is 361 g/mol. The van der Waals surface area contributed by atoms with Crippen LogP contribution in [0, 0.1) is 0 Å². The summed E-state index contributed by atoms with van der Waals surface area (Å²) in [7, 11) is 0. The molecule has 0 saturated heterocycles. The Hall–Kier alpha value is -2.10. The average Bonchev–Trinajstić information content (AvgIpc) is 3.24. The molecule has 0 aliphatic carbocycles. The third kappa shape index (κ3) is 4.68. The van der Waals surface area contributed by atoms with Crippen LogP contribution in [0.3, 0.4) is 0 Å². The molecule has 0 spiro atoms. The summed E-state index contributed by atoms with van der Waals surface area (Å²) < 4.78 is 4.45. The number of benzene rings is 1. The van der Waals surface area contributed by atoms with Crippen LogP contribution >= 0.6 is 34.6 Å². The fourth-order valence-corrected chi connectivity index (χ4v) is 3.63. The van der Waals surface area contributed by atoms with E-state index in [0.717, 1.165) is 27.2 Å². The van der Waals surface area contributed by atoms with Gasteiger partial charge in [0.25, 0.3) is 5.91 Å². The lowest BCUT2D eigenvalue weighted by Crippen LogP contribution is -2.12. The van der Waals surface area contributed by atoms with Gasteiger partial charge in [0.05, 0.1) is 0 Å². The molecule has 0 radical (unpaired) electrons. The summed E-state index contributed by atoms with van der Waals surface area (Å²) in [5.41, 5.74) is 1.44. The van der Waals surface area contributed by atoms with Gasteiger partial charge in [-0.2, -0.15) is 0 Å². The van der Waals surface area contributed by atoms with E-state index < -0.39 is 0 Å². The third-order valence-electron chi connectivity index (χ3n) is 2.63. The number of hydrogen-bond acceptors (Lipinski definition) is 8. The first kappa shape index (κ1) is 15.8. The molecule has 0 aliphatic rings. The van der Waals surface area contributed by atoms with Crippen LogP contribution in [0.15, 0.2) is 46.1 Å². The van der Waals surface area contributed by atoms with Gasteiger partial charge in [-0.25, -0.2) is 0 Å². The molecule has 2 aromatic heterocycles. The van der Waals surface area contributed by atoms with Gasteiger partial charge < -0.3 is 0 Å². The predicted molar refractivity (Wildman–Crippen MR) is 94.0 cm³/mol. The molecule has 1 amide bonds. The van der Waals surface area contributed by atoms with E-state index in [1.807, 2.05) is 30.3 Å². The SMILES string of the molecule is O=C(Nc1nnc(SC/C=C/c2ccccc2)s1)c1csnn1. The molecule has 6 nitrogen and oxygen atoms in total. The first-order valence-electron chi connectivity index (χ1n) is 6.57. The topological polar surface area (TPSA) is 80.7 Å². The zero-order chi connectivity index (χ0) is 15.9. The van der Waals surface area contributed by atoms with Gasteiger partial charge in [0.15, 0.2) is 10.0 Å². The average molecular weight is 361 g/mol. The second-order valence-electron chi connectivity index (χ2n) is 4.24. The molecular weight excluding hydrogens is 350 g/mol. The van der Waals surface area contributed by atoms with E-state index in [-0.39, 0.29) is 11.6 Å². The number of amides is 1. The second kappa shape index (κ2) is 7.95. The summed E-state index contributed by atoms with van der Waals surface area (Å²) in [6.45, 7) is 0. The molecule has 2 heterocycles. The number of hydrogen-bond donors (Lipinski definition) is 1. The Morgan fingerprint density at radius 2 is 2.09 bits per heavy atom. The van der Waals surface area contributed by atoms with Crippen LogP contribution in [0.5, 0.6) is 0 Å². The highest BCUT2D eigenvalue weighted by Gasteiger charge is 2.12. The molecule has 9 heteroatoms. The highest BCUT2D eigenvalue weighted by atomic mass is 32.2. The number of anilines is 1. The highest BCUT2D eigenvalue weighted by molar-refractivity contribution is 8.01. The Bertz CT molecular complexity index is 786. The second-order valence-corrected chi connectivity index (χ2v) is 7.10. The molecule has 0 atom stereocenters. The van der Waals surface area contributed by atoms with Gasteiger partial charge in [-0.05, 0) is 17.1 Å². The number of nitrogens with one attached hydrogen (secondary N) is 1. The summed E-state index contributed by atoms with van der Waals surface area (Å²) in [5, 5.41) is 16.4. The van der Waals surface area contributed by atoms with Gasteiger partial charge in [0.1, 0.15) is 0 Å². The van der Waals surface area contributed by atoms with Crippen molar-refractivity contribution in [2.75, 3.05) is 11.1 Å². The predicted octanol–water partition coefficient (Wildman–Crippen LogP) is 3.45. The van der Waals surface area contributed by atoms with E-state index in [2.05, 4.69) is 37.3 Å². The van der Waals surface area contributed by atoms with Gasteiger partial charge in [-0.15, -0.1) is 15.3 Å². The van der Waals surface area contributed by atoms with Crippen LogP contribution in [-0.4, -0.2) is 31.4 Å². The van der Waals surface area contributed by atoms with E-state index in [0.29, 0.717) is 5.13 Å². The Labute approximate surface area is 144 Å². The van der Waals surface area contributed by atoms with E-state index in [1.54, 1.807) is 17.1 Å². The molecule has 23 heavy (non-hydrogen) atoms. The van der Waals surface area contributed by atoms with Crippen molar-refractivity contribution in [1.29, 1.82) is 0 Å². The van der Waals surface area contributed by atoms with E-state index in [9.17, 15) is 4.79 Å². The van der Waals surface area contributed by atoms with Crippen molar-refractivity contribution in [3.8, 4) is 0 Å². The lowest BCUT2D eigenvalue weighted by atomic mass is 10.2. The maximum atomic E-state index is 11.8. The van der Waals surface area contributed by atoms with Gasteiger partial charge in [0.2, 0.25) is 5.13 Å². The van der Waals surface area contributed by atoms with Crippen molar-refractivity contribution in [1.82, 2.24) is 19.8 Å². The first-order valence-corrected chi connectivity index (χ1v) is 9.21. The van der Waals surface area contributed by atoms with Crippen molar-refractivity contribution in [3.05, 3.63) is 53.0 Å². The van der Waals surface area contributed by atoms with Crippen LogP contribution in [0.1, 0.15) is 16.1 Å². The maximum Gasteiger partial charge on any atom is 0.278 e. The molecule has 3 rings (SSSR count). The Morgan fingerprint density at radius 1 is 1.22 bits per heavy atom. The summed E-state index contributed by atoms with van der Waals surface area (Å²) in [5.74, 6) is 0.462. The fourth-order valence-electron chi connectivity index (χ4n) is 1.61. The largest absolute Gasteiger partial charge is 0.295 e. The van der Waals surface area contributed by atoms with Crippen molar-refractivity contribution in [2.45, 2.75) is 4.34 Å². The van der Waals surface area contributed by atoms with Crippen molar-refractivity contribution in [2.24, 2.45) is 0 Å². The number of carbonyl (C=O) groups is 1.